The number of nitrogens with zero attached hydrogens (tertiary/aromatic N) is 1. The van der Waals surface area contributed by atoms with Crippen molar-refractivity contribution in [3.05, 3.63) is 52.0 Å². The maximum atomic E-state index is 9.89. The zero-order valence-electron chi connectivity index (χ0n) is 11.5. The highest BCUT2D eigenvalue weighted by atomic mass is 79.9. The van der Waals surface area contributed by atoms with E-state index in [0.717, 1.165) is 15.6 Å². The molecule has 0 amide bonds. The van der Waals surface area contributed by atoms with Gasteiger partial charge in [-0.25, -0.2) is 0 Å². The SMILES string of the molecule is NC1=N[C@]2(COC1)c1cc(O)ccc1Oc1ccc(Br)cc12. The molecule has 2 aliphatic heterocycles. The topological polar surface area (TPSA) is 77.1 Å². The number of nitrogens with two attached hydrogens (primary N) is 1. The molecule has 2 aromatic carbocycles. The summed E-state index contributed by atoms with van der Waals surface area (Å²) >= 11 is 3.48. The Balaban J connectivity index is 2.05. The number of halogens is 1. The van der Waals surface area contributed by atoms with Crippen LogP contribution >= 0.6 is 15.9 Å². The van der Waals surface area contributed by atoms with Gasteiger partial charge in [0, 0.05) is 15.6 Å². The zero-order valence-corrected chi connectivity index (χ0v) is 13.1. The molecule has 2 aliphatic rings. The molecule has 0 saturated carbocycles. The lowest BCUT2D eigenvalue weighted by Gasteiger charge is -2.39. The molecule has 0 radical (unpaired) electrons. The minimum absolute atomic E-state index is 0.152. The summed E-state index contributed by atoms with van der Waals surface area (Å²) in [6.07, 6.45) is 0. The molecule has 1 atom stereocenters. The normalized spacial score (nSPS) is 22.5. The van der Waals surface area contributed by atoms with Crippen molar-refractivity contribution < 1.29 is 14.6 Å². The summed E-state index contributed by atoms with van der Waals surface area (Å²) in [5.41, 5.74) is 6.76. The molecule has 5 nitrogen and oxygen atoms in total. The number of phenolic OH excluding ortho intramolecular Hbond substituents is 1. The summed E-state index contributed by atoms with van der Waals surface area (Å²) < 4.78 is 12.5. The average molecular weight is 361 g/mol. The number of phenols is 1. The summed E-state index contributed by atoms with van der Waals surface area (Å²) in [6, 6.07) is 10.7. The van der Waals surface area contributed by atoms with Crippen molar-refractivity contribution in [1.82, 2.24) is 0 Å². The Labute approximate surface area is 135 Å². The van der Waals surface area contributed by atoms with E-state index in [9.17, 15) is 5.11 Å². The first kappa shape index (κ1) is 13.6. The Morgan fingerprint density at radius 3 is 2.64 bits per heavy atom. The van der Waals surface area contributed by atoms with Crippen LogP contribution in [0.5, 0.6) is 17.2 Å². The van der Waals surface area contributed by atoms with E-state index in [2.05, 4.69) is 15.9 Å². The fourth-order valence-corrected chi connectivity index (χ4v) is 3.36. The average Bonchev–Trinajstić information content (AvgIpc) is 2.49. The fourth-order valence-electron chi connectivity index (χ4n) is 3.00. The Morgan fingerprint density at radius 2 is 1.86 bits per heavy atom. The van der Waals surface area contributed by atoms with Gasteiger partial charge >= 0.3 is 0 Å². The Morgan fingerprint density at radius 1 is 1.14 bits per heavy atom. The number of hydrogen-bond acceptors (Lipinski definition) is 5. The number of aliphatic imine (C=N–C) groups is 1. The third kappa shape index (κ3) is 1.91. The van der Waals surface area contributed by atoms with Crippen molar-refractivity contribution in [3.8, 4) is 17.2 Å². The van der Waals surface area contributed by atoms with Crippen LogP contribution in [0.25, 0.3) is 0 Å². The van der Waals surface area contributed by atoms with Gasteiger partial charge in [-0.3, -0.25) is 4.99 Å². The highest BCUT2D eigenvalue weighted by Crippen LogP contribution is 2.51. The number of hydrogen-bond donors (Lipinski definition) is 2. The van der Waals surface area contributed by atoms with Gasteiger partial charge in [0.25, 0.3) is 0 Å². The number of benzene rings is 2. The van der Waals surface area contributed by atoms with Crippen LogP contribution in [-0.2, 0) is 10.3 Å². The molecule has 2 aromatic rings. The van der Waals surface area contributed by atoms with Gasteiger partial charge in [-0.05, 0) is 36.4 Å². The molecule has 112 valence electrons. The van der Waals surface area contributed by atoms with E-state index in [1.165, 1.54) is 0 Å². The first-order valence-corrected chi connectivity index (χ1v) is 7.61. The van der Waals surface area contributed by atoms with Gasteiger partial charge in [0.15, 0.2) is 0 Å². The van der Waals surface area contributed by atoms with E-state index in [-0.39, 0.29) is 5.75 Å². The van der Waals surface area contributed by atoms with E-state index in [4.69, 9.17) is 20.2 Å². The maximum absolute atomic E-state index is 9.89. The molecule has 0 saturated heterocycles. The molecule has 0 unspecified atom stereocenters. The molecule has 6 heteroatoms. The molecule has 2 heterocycles. The van der Waals surface area contributed by atoms with E-state index in [1.807, 2.05) is 18.2 Å². The lowest BCUT2D eigenvalue weighted by molar-refractivity contribution is 0.109. The summed E-state index contributed by atoms with van der Waals surface area (Å²) in [6.45, 7) is 0.650. The van der Waals surface area contributed by atoms with Crippen LogP contribution in [0.15, 0.2) is 45.9 Å². The zero-order chi connectivity index (χ0) is 15.3. The molecule has 0 aromatic heterocycles. The first-order valence-electron chi connectivity index (χ1n) is 6.82. The second-order valence-corrected chi connectivity index (χ2v) is 6.29. The van der Waals surface area contributed by atoms with Gasteiger partial charge in [-0.15, -0.1) is 0 Å². The number of rotatable bonds is 0. The third-order valence-electron chi connectivity index (χ3n) is 3.91. The van der Waals surface area contributed by atoms with Crippen molar-refractivity contribution in [2.24, 2.45) is 10.7 Å². The van der Waals surface area contributed by atoms with Gasteiger partial charge in [-0.1, -0.05) is 15.9 Å². The van der Waals surface area contributed by atoms with E-state index >= 15 is 0 Å². The Hall–Kier alpha value is -2.05. The van der Waals surface area contributed by atoms with Crippen LogP contribution in [0.2, 0.25) is 0 Å². The van der Waals surface area contributed by atoms with Gasteiger partial charge in [0.05, 0.1) is 6.61 Å². The summed E-state index contributed by atoms with van der Waals surface area (Å²) in [7, 11) is 0. The molecular weight excluding hydrogens is 348 g/mol. The second-order valence-electron chi connectivity index (χ2n) is 5.38. The molecule has 0 fully saturated rings. The molecule has 4 rings (SSSR count). The van der Waals surface area contributed by atoms with Gasteiger partial charge in [0.1, 0.15) is 35.2 Å². The van der Waals surface area contributed by atoms with Crippen molar-refractivity contribution in [2.45, 2.75) is 5.54 Å². The largest absolute Gasteiger partial charge is 0.508 e. The third-order valence-corrected chi connectivity index (χ3v) is 4.40. The van der Waals surface area contributed by atoms with Gasteiger partial charge < -0.3 is 20.3 Å². The van der Waals surface area contributed by atoms with E-state index in [1.54, 1.807) is 18.2 Å². The quantitative estimate of drug-likeness (QED) is 0.757. The first-order chi connectivity index (χ1) is 10.6. The number of amidine groups is 1. The Bertz CT molecular complexity index is 752. The smallest absolute Gasteiger partial charge is 0.143 e. The predicted molar refractivity (Wildman–Crippen MR) is 85.5 cm³/mol. The highest BCUT2D eigenvalue weighted by molar-refractivity contribution is 9.10. The lowest BCUT2D eigenvalue weighted by Crippen LogP contribution is -2.42. The van der Waals surface area contributed by atoms with Crippen molar-refractivity contribution in [3.63, 3.8) is 0 Å². The van der Waals surface area contributed by atoms with Gasteiger partial charge in [-0.2, -0.15) is 0 Å². The standard InChI is InChI=1S/C16H13BrN2O3/c17-9-1-3-13-11(5-9)16(8-21-7-15(18)19-16)12-6-10(20)2-4-14(12)22-13/h1-6,20H,7-8H2,(H2,18,19)/t16-/m0/s1. The molecule has 0 bridgehead atoms. The van der Waals surface area contributed by atoms with Crippen LogP contribution in [0.4, 0.5) is 0 Å². The van der Waals surface area contributed by atoms with Crippen LogP contribution in [0, 0.1) is 0 Å². The molecule has 22 heavy (non-hydrogen) atoms. The van der Waals surface area contributed by atoms with Crippen LogP contribution in [0.1, 0.15) is 11.1 Å². The van der Waals surface area contributed by atoms with E-state index < -0.39 is 5.54 Å². The number of ether oxygens (including phenoxy) is 2. The fraction of sp³-hybridized carbons (Fsp3) is 0.188. The van der Waals surface area contributed by atoms with E-state index in [0.29, 0.717) is 30.5 Å². The minimum atomic E-state index is -0.798. The summed E-state index contributed by atoms with van der Waals surface area (Å²) in [4.78, 5) is 4.70. The molecule has 1 spiro atoms. The number of aromatic hydroxyl groups is 1. The molecular formula is C16H13BrN2O3. The van der Waals surface area contributed by atoms with Crippen molar-refractivity contribution in [2.75, 3.05) is 13.2 Å². The second kappa shape index (κ2) is 4.72. The van der Waals surface area contributed by atoms with Crippen molar-refractivity contribution in [1.29, 1.82) is 0 Å². The summed E-state index contributed by atoms with van der Waals surface area (Å²) in [5.74, 6) is 1.94. The van der Waals surface area contributed by atoms with Crippen LogP contribution < -0.4 is 10.5 Å². The predicted octanol–water partition coefficient (Wildman–Crippen LogP) is 2.89. The molecule has 0 aliphatic carbocycles. The Kier molecular flexibility index (Phi) is 2.92. The van der Waals surface area contributed by atoms with Crippen molar-refractivity contribution >= 4 is 21.8 Å². The van der Waals surface area contributed by atoms with Gasteiger partial charge in [0.2, 0.25) is 0 Å². The maximum Gasteiger partial charge on any atom is 0.143 e. The monoisotopic (exact) mass is 360 g/mol. The number of fused-ring (bicyclic) bond motifs is 4. The highest BCUT2D eigenvalue weighted by Gasteiger charge is 2.44. The summed E-state index contributed by atoms with van der Waals surface area (Å²) in [5, 5.41) is 9.89. The van der Waals surface area contributed by atoms with Crippen LogP contribution in [-0.4, -0.2) is 24.2 Å². The minimum Gasteiger partial charge on any atom is -0.508 e. The van der Waals surface area contributed by atoms with Crippen LogP contribution in [0.3, 0.4) is 0 Å². The molecule has 3 N–H and O–H groups in total. The lowest BCUT2D eigenvalue weighted by atomic mass is 9.80.